The number of halogens is 2. The molecule has 1 rings (SSSR count). The molecule has 0 aromatic heterocycles. The number of benzene rings is 1. The van der Waals surface area contributed by atoms with Gasteiger partial charge in [0, 0.05) is 10.6 Å². The third-order valence-electron chi connectivity index (χ3n) is 1.97. The summed E-state index contributed by atoms with van der Waals surface area (Å²) in [6, 6.07) is 5.48. The van der Waals surface area contributed by atoms with Crippen LogP contribution in [0.5, 0.6) is 0 Å². The van der Waals surface area contributed by atoms with E-state index in [4.69, 9.17) is 16.9 Å². The van der Waals surface area contributed by atoms with Gasteiger partial charge in [0.2, 0.25) is 5.91 Å². The summed E-state index contributed by atoms with van der Waals surface area (Å²) in [5, 5.41) is 11.1. The molecule has 3 nitrogen and oxygen atoms in total. The van der Waals surface area contributed by atoms with Crippen LogP contribution >= 0.6 is 11.6 Å². The van der Waals surface area contributed by atoms with Gasteiger partial charge in [-0.1, -0.05) is 17.7 Å². The standard InChI is InChI=1S/C11H10ClFN2O/c1-7(6-14)15-11(16)5-8-9(12)3-2-4-10(8)13/h2-4,7H,5H2,1H3,(H,15,16). The minimum atomic E-state index is -0.599. The fourth-order valence-electron chi connectivity index (χ4n) is 1.19. The highest BCUT2D eigenvalue weighted by Crippen LogP contribution is 2.19. The number of carbonyl (C=O) groups is 1. The summed E-state index contributed by atoms with van der Waals surface area (Å²) in [6.45, 7) is 1.54. The molecule has 5 heteroatoms. The Kier molecular flexibility index (Phi) is 4.27. The molecule has 0 fully saturated rings. The lowest BCUT2D eigenvalue weighted by molar-refractivity contribution is -0.120. The van der Waals surface area contributed by atoms with Crippen molar-refractivity contribution in [2.75, 3.05) is 0 Å². The third kappa shape index (κ3) is 3.21. The van der Waals surface area contributed by atoms with Crippen LogP contribution in [0.4, 0.5) is 4.39 Å². The van der Waals surface area contributed by atoms with E-state index < -0.39 is 17.8 Å². The SMILES string of the molecule is CC(C#N)NC(=O)Cc1c(F)cccc1Cl. The van der Waals surface area contributed by atoms with Crippen molar-refractivity contribution in [2.24, 2.45) is 0 Å². The highest BCUT2D eigenvalue weighted by Gasteiger charge is 2.13. The first-order valence-electron chi connectivity index (χ1n) is 4.66. The molecule has 0 saturated carbocycles. The summed E-state index contributed by atoms with van der Waals surface area (Å²) in [5.41, 5.74) is 0.145. The number of hydrogen-bond donors (Lipinski definition) is 1. The second-order valence-corrected chi connectivity index (χ2v) is 3.70. The van der Waals surface area contributed by atoms with Crippen LogP contribution in [0, 0.1) is 17.1 Å². The first-order chi connectivity index (χ1) is 7.54. The molecule has 0 aliphatic rings. The van der Waals surface area contributed by atoms with Crippen LogP contribution in [-0.2, 0) is 11.2 Å². The summed E-state index contributed by atoms with van der Waals surface area (Å²) in [6.07, 6.45) is -0.169. The minimum absolute atomic E-state index is 0.145. The Balaban J connectivity index is 2.74. The number of nitrogens with one attached hydrogen (secondary N) is 1. The van der Waals surface area contributed by atoms with Crippen LogP contribution in [0.2, 0.25) is 5.02 Å². The highest BCUT2D eigenvalue weighted by molar-refractivity contribution is 6.31. The molecular weight excluding hydrogens is 231 g/mol. The van der Waals surface area contributed by atoms with E-state index in [1.807, 2.05) is 6.07 Å². The van der Waals surface area contributed by atoms with Gasteiger partial charge >= 0.3 is 0 Å². The van der Waals surface area contributed by atoms with Crippen molar-refractivity contribution >= 4 is 17.5 Å². The van der Waals surface area contributed by atoms with E-state index in [1.165, 1.54) is 18.2 Å². The van der Waals surface area contributed by atoms with E-state index in [0.29, 0.717) is 0 Å². The molecule has 16 heavy (non-hydrogen) atoms. The monoisotopic (exact) mass is 240 g/mol. The van der Waals surface area contributed by atoms with Gasteiger partial charge in [-0.2, -0.15) is 5.26 Å². The molecule has 1 atom stereocenters. The fourth-order valence-corrected chi connectivity index (χ4v) is 1.42. The van der Waals surface area contributed by atoms with Crippen molar-refractivity contribution in [2.45, 2.75) is 19.4 Å². The van der Waals surface area contributed by atoms with Gasteiger partial charge < -0.3 is 5.32 Å². The Morgan fingerprint density at radius 1 is 1.69 bits per heavy atom. The minimum Gasteiger partial charge on any atom is -0.340 e. The number of hydrogen-bond acceptors (Lipinski definition) is 2. The summed E-state index contributed by atoms with van der Waals surface area (Å²) >= 11 is 5.76. The lowest BCUT2D eigenvalue weighted by atomic mass is 10.1. The van der Waals surface area contributed by atoms with Gasteiger partial charge in [0.05, 0.1) is 12.5 Å². The smallest absolute Gasteiger partial charge is 0.225 e. The Morgan fingerprint density at radius 2 is 2.38 bits per heavy atom. The summed E-state index contributed by atoms with van der Waals surface area (Å²) in [7, 11) is 0. The van der Waals surface area contributed by atoms with Gasteiger partial charge in [0.25, 0.3) is 0 Å². The average Bonchev–Trinajstić information content (AvgIpc) is 2.23. The number of rotatable bonds is 3. The van der Waals surface area contributed by atoms with Crippen LogP contribution in [0.25, 0.3) is 0 Å². The molecule has 1 aromatic rings. The van der Waals surface area contributed by atoms with E-state index in [-0.39, 0.29) is 17.0 Å². The number of carbonyl (C=O) groups excluding carboxylic acids is 1. The Hall–Kier alpha value is -1.60. The van der Waals surface area contributed by atoms with Crippen LogP contribution < -0.4 is 5.32 Å². The third-order valence-corrected chi connectivity index (χ3v) is 2.32. The maximum atomic E-state index is 13.3. The van der Waals surface area contributed by atoms with Crippen molar-refractivity contribution < 1.29 is 9.18 Å². The van der Waals surface area contributed by atoms with Gasteiger partial charge in [-0.05, 0) is 19.1 Å². The molecule has 1 N–H and O–H groups in total. The van der Waals surface area contributed by atoms with Gasteiger partial charge in [0.1, 0.15) is 11.9 Å². The normalized spacial score (nSPS) is 11.6. The first kappa shape index (κ1) is 12.5. The van der Waals surface area contributed by atoms with E-state index >= 15 is 0 Å². The molecular formula is C11H10ClFN2O. The summed E-state index contributed by atoms with van der Waals surface area (Å²) in [5.74, 6) is -0.951. The fraction of sp³-hybridized carbons (Fsp3) is 0.273. The first-order valence-corrected chi connectivity index (χ1v) is 5.04. The summed E-state index contributed by atoms with van der Waals surface area (Å²) < 4.78 is 13.3. The van der Waals surface area contributed by atoms with Crippen molar-refractivity contribution in [1.82, 2.24) is 5.32 Å². The molecule has 1 unspecified atom stereocenters. The van der Waals surface area contributed by atoms with Crippen molar-refractivity contribution in [3.05, 3.63) is 34.6 Å². The van der Waals surface area contributed by atoms with Gasteiger partial charge in [0.15, 0.2) is 0 Å². The molecule has 0 bridgehead atoms. The van der Waals surface area contributed by atoms with Gasteiger partial charge in [-0.3, -0.25) is 4.79 Å². The van der Waals surface area contributed by atoms with Crippen molar-refractivity contribution in [1.29, 1.82) is 5.26 Å². The average molecular weight is 241 g/mol. The topological polar surface area (TPSA) is 52.9 Å². The highest BCUT2D eigenvalue weighted by atomic mass is 35.5. The number of amides is 1. The Labute approximate surface area is 97.8 Å². The Bertz CT molecular complexity index is 422. The maximum absolute atomic E-state index is 13.3. The largest absolute Gasteiger partial charge is 0.340 e. The Morgan fingerprint density at radius 3 is 2.94 bits per heavy atom. The molecule has 84 valence electrons. The number of nitrogens with zero attached hydrogens (tertiary/aromatic N) is 1. The molecule has 0 aliphatic heterocycles. The maximum Gasteiger partial charge on any atom is 0.225 e. The molecule has 0 heterocycles. The van der Waals surface area contributed by atoms with Gasteiger partial charge in [-0.25, -0.2) is 4.39 Å². The predicted octanol–water partition coefficient (Wildman–Crippen LogP) is 2.05. The van der Waals surface area contributed by atoms with E-state index in [0.717, 1.165) is 0 Å². The lowest BCUT2D eigenvalue weighted by Crippen LogP contribution is -2.32. The molecule has 1 aromatic carbocycles. The second kappa shape index (κ2) is 5.47. The van der Waals surface area contributed by atoms with Crippen LogP contribution in [0.1, 0.15) is 12.5 Å². The van der Waals surface area contributed by atoms with E-state index in [2.05, 4.69) is 5.32 Å². The van der Waals surface area contributed by atoms with Crippen LogP contribution in [0.15, 0.2) is 18.2 Å². The quantitative estimate of drug-likeness (QED) is 0.879. The van der Waals surface area contributed by atoms with E-state index in [1.54, 1.807) is 6.92 Å². The molecule has 1 amide bonds. The van der Waals surface area contributed by atoms with Crippen LogP contribution in [0.3, 0.4) is 0 Å². The summed E-state index contributed by atoms with van der Waals surface area (Å²) in [4.78, 5) is 11.4. The molecule has 0 aliphatic carbocycles. The van der Waals surface area contributed by atoms with Crippen LogP contribution in [-0.4, -0.2) is 11.9 Å². The molecule has 0 saturated heterocycles. The van der Waals surface area contributed by atoms with Gasteiger partial charge in [-0.15, -0.1) is 0 Å². The number of nitriles is 1. The second-order valence-electron chi connectivity index (χ2n) is 3.30. The zero-order valence-electron chi connectivity index (χ0n) is 8.63. The lowest BCUT2D eigenvalue weighted by Gasteiger charge is -2.08. The zero-order valence-corrected chi connectivity index (χ0v) is 9.38. The zero-order chi connectivity index (χ0) is 12.1. The molecule has 0 spiro atoms. The van der Waals surface area contributed by atoms with Crippen molar-refractivity contribution in [3.63, 3.8) is 0 Å². The van der Waals surface area contributed by atoms with Crippen molar-refractivity contribution in [3.8, 4) is 6.07 Å². The molecule has 0 radical (unpaired) electrons. The van der Waals surface area contributed by atoms with E-state index in [9.17, 15) is 9.18 Å². The predicted molar refractivity (Wildman–Crippen MR) is 58.3 cm³/mol.